The minimum Gasteiger partial charge on any atom is -0.396 e. The van der Waals surface area contributed by atoms with Crippen LogP contribution in [0.25, 0.3) is 0 Å². The van der Waals surface area contributed by atoms with Crippen LogP contribution in [0.5, 0.6) is 0 Å². The van der Waals surface area contributed by atoms with Gasteiger partial charge in [0.05, 0.1) is 0 Å². The largest absolute Gasteiger partial charge is 0.396 e. The summed E-state index contributed by atoms with van der Waals surface area (Å²) in [6, 6.07) is 0. The first kappa shape index (κ1) is 10.0. The predicted molar refractivity (Wildman–Crippen MR) is 51.2 cm³/mol. The third kappa shape index (κ3) is 3.13. The van der Waals surface area contributed by atoms with E-state index in [-0.39, 0.29) is 0 Å². The number of likely N-dealkylation sites (tertiary alicyclic amines) is 1. The Labute approximate surface area is 78.8 Å². The Morgan fingerprint density at radius 2 is 2.42 bits per heavy atom. The lowest BCUT2D eigenvalue weighted by Gasteiger charge is -2.30. The lowest BCUT2D eigenvalue weighted by Crippen LogP contribution is -2.36. The van der Waals surface area contributed by atoms with Crippen molar-refractivity contribution in [3.63, 3.8) is 0 Å². The van der Waals surface area contributed by atoms with E-state index in [1.165, 1.54) is 6.42 Å². The molecule has 1 N–H and O–H groups in total. The van der Waals surface area contributed by atoms with Gasteiger partial charge in [-0.2, -0.15) is 0 Å². The van der Waals surface area contributed by atoms with Crippen molar-refractivity contribution in [2.75, 3.05) is 26.2 Å². The molecule has 70 valence electrons. The van der Waals surface area contributed by atoms with Crippen molar-refractivity contribution in [1.29, 1.82) is 0 Å². The van der Waals surface area contributed by atoms with E-state index in [4.69, 9.17) is 16.7 Å². The monoisotopic (exact) mass is 189 g/mol. The van der Waals surface area contributed by atoms with Crippen LogP contribution in [-0.4, -0.2) is 36.2 Å². The van der Waals surface area contributed by atoms with Gasteiger partial charge in [0.2, 0.25) is 0 Å². The maximum Gasteiger partial charge on any atom is 0.0471 e. The van der Waals surface area contributed by atoms with E-state index in [0.717, 1.165) is 26.1 Å². The van der Waals surface area contributed by atoms with Crippen molar-refractivity contribution in [2.24, 2.45) is 5.92 Å². The summed E-state index contributed by atoms with van der Waals surface area (Å²) in [6.07, 6.45) is 4.31. The number of piperidine rings is 1. The summed E-state index contributed by atoms with van der Waals surface area (Å²) in [5.74, 6) is 0.475. The van der Waals surface area contributed by atoms with Gasteiger partial charge < -0.3 is 5.11 Å². The van der Waals surface area contributed by atoms with Gasteiger partial charge in [0.25, 0.3) is 0 Å². The molecule has 1 rings (SSSR count). The molecule has 1 fully saturated rings. The lowest BCUT2D eigenvalue weighted by atomic mass is 9.99. The van der Waals surface area contributed by atoms with Crippen LogP contribution in [0.3, 0.4) is 0 Å². The number of hydrogen-bond donors (Lipinski definition) is 1. The second kappa shape index (κ2) is 5.57. The standard InChI is InChI=1S/C9H16ClNO/c10-4-2-6-11-5-1-3-9(7-11)8-12/h2,4,9,12H,1,3,5-8H2. The Balaban J connectivity index is 2.25. The van der Waals surface area contributed by atoms with Gasteiger partial charge in [0.15, 0.2) is 0 Å². The van der Waals surface area contributed by atoms with E-state index in [9.17, 15) is 0 Å². The fourth-order valence-corrected chi connectivity index (χ4v) is 1.73. The van der Waals surface area contributed by atoms with Crippen molar-refractivity contribution < 1.29 is 5.11 Å². The molecular weight excluding hydrogens is 174 g/mol. The van der Waals surface area contributed by atoms with Crippen molar-refractivity contribution in [3.8, 4) is 0 Å². The molecule has 1 aliphatic heterocycles. The minimum absolute atomic E-state index is 0.321. The molecule has 0 spiro atoms. The number of halogens is 1. The van der Waals surface area contributed by atoms with Gasteiger partial charge in [0, 0.05) is 25.2 Å². The molecule has 1 saturated heterocycles. The first-order valence-corrected chi connectivity index (χ1v) is 4.89. The smallest absolute Gasteiger partial charge is 0.0471 e. The summed E-state index contributed by atoms with van der Waals surface area (Å²) < 4.78 is 0. The normalized spacial score (nSPS) is 26.7. The first-order valence-electron chi connectivity index (χ1n) is 4.45. The Morgan fingerprint density at radius 3 is 3.08 bits per heavy atom. The molecule has 1 heterocycles. The molecule has 1 aliphatic rings. The van der Waals surface area contributed by atoms with Gasteiger partial charge in [-0.3, -0.25) is 4.90 Å². The molecule has 0 aromatic carbocycles. The highest BCUT2D eigenvalue weighted by Crippen LogP contribution is 2.15. The van der Waals surface area contributed by atoms with Crippen LogP contribution >= 0.6 is 11.6 Å². The van der Waals surface area contributed by atoms with Crippen molar-refractivity contribution in [3.05, 3.63) is 11.6 Å². The first-order chi connectivity index (χ1) is 5.86. The predicted octanol–water partition coefficient (Wildman–Crippen LogP) is 1.44. The Kier molecular flexibility index (Phi) is 4.66. The highest BCUT2D eigenvalue weighted by molar-refractivity contribution is 6.25. The van der Waals surface area contributed by atoms with Crippen LogP contribution in [-0.2, 0) is 0 Å². The van der Waals surface area contributed by atoms with Crippen molar-refractivity contribution >= 4 is 11.6 Å². The molecule has 0 radical (unpaired) electrons. The van der Waals surface area contributed by atoms with Gasteiger partial charge in [-0.15, -0.1) is 0 Å². The van der Waals surface area contributed by atoms with E-state index < -0.39 is 0 Å². The highest BCUT2D eigenvalue weighted by Gasteiger charge is 2.17. The van der Waals surface area contributed by atoms with Crippen LogP contribution in [0.15, 0.2) is 11.6 Å². The maximum absolute atomic E-state index is 8.96. The number of nitrogens with zero attached hydrogens (tertiary/aromatic N) is 1. The summed E-state index contributed by atoms with van der Waals surface area (Å²) in [7, 11) is 0. The highest BCUT2D eigenvalue weighted by atomic mass is 35.5. The zero-order valence-corrected chi connectivity index (χ0v) is 8.00. The molecule has 0 aliphatic carbocycles. The zero-order chi connectivity index (χ0) is 8.81. The number of rotatable bonds is 3. The molecule has 1 atom stereocenters. The van der Waals surface area contributed by atoms with E-state index in [2.05, 4.69) is 4.90 Å². The molecule has 1 unspecified atom stereocenters. The zero-order valence-electron chi connectivity index (χ0n) is 7.25. The average Bonchev–Trinajstić information content (AvgIpc) is 2.15. The average molecular weight is 190 g/mol. The summed E-state index contributed by atoms with van der Waals surface area (Å²) in [5.41, 5.74) is 1.56. The quantitative estimate of drug-likeness (QED) is 0.727. The molecule has 0 aromatic rings. The fraction of sp³-hybridized carbons (Fsp3) is 0.778. The van der Waals surface area contributed by atoms with Gasteiger partial charge in [-0.1, -0.05) is 17.7 Å². The fourth-order valence-electron chi connectivity index (χ4n) is 1.66. The molecule has 0 saturated carbocycles. The number of hydrogen-bond acceptors (Lipinski definition) is 2. The molecule has 0 bridgehead atoms. The van der Waals surface area contributed by atoms with Crippen molar-refractivity contribution in [2.45, 2.75) is 12.8 Å². The van der Waals surface area contributed by atoms with Gasteiger partial charge >= 0.3 is 0 Å². The number of aliphatic hydroxyl groups is 1. The van der Waals surface area contributed by atoms with Gasteiger partial charge in [-0.25, -0.2) is 0 Å². The molecule has 2 nitrogen and oxygen atoms in total. The Hall–Kier alpha value is -0.0500. The van der Waals surface area contributed by atoms with E-state index in [1.54, 1.807) is 5.54 Å². The topological polar surface area (TPSA) is 23.5 Å². The lowest BCUT2D eigenvalue weighted by molar-refractivity contribution is 0.129. The summed E-state index contributed by atoms with van der Waals surface area (Å²) >= 11 is 5.43. The third-order valence-corrected chi connectivity index (χ3v) is 2.49. The van der Waals surface area contributed by atoms with E-state index >= 15 is 0 Å². The van der Waals surface area contributed by atoms with Gasteiger partial charge in [0.1, 0.15) is 0 Å². The van der Waals surface area contributed by atoms with Crippen LogP contribution in [0.1, 0.15) is 12.8 Å². The maximum atomic E-state index is 8.96. The van der Waals surface area contributed by atoms with Gasteiger partial charge in [-0.05, 0) is 25.3 Å². The minimum atomic E-state index is 0.321. The Morgan fingerprint density at radius 1 is 1.58 bits per heavy atom. The third-order valence-electron chi connectivity index (χ3n) is 2.31. The summed E-state index contributed by atoms with van der Waals surface area (Å²) in [5, 5.41) is 8.96. The summed E-state index contributed by atoms with van der Waals surface area (Å²) in [4.78, 5) is 2.32. The Bertz CT molecular complexity index is 149. The number of aliphatic hydroxyl groups excluding tert-OH is 1. The second-order valence-corrected chi connectivity index (χ2v) is 3.56. The second-order valence-electron chi connectivity index (χ2n) is 3.31. The molecular formula is C9H16ClNO. The van der Waals surface area contributed by atoms with Crippen LogP contribution < -0.4 is 0 Å². The SMILES string of the molecule is OCC1CCCN(CC=CCl)C1. The molecule has 3 heteroatoms. The van der Waals surface area contributed by atoms with Crippen LogP contribution in [0.4, 0.5) is 0 Å². The molecule has 0 amide bonds. The molecule has 12 heavy (non-hydrogen) atoms. The molecule has 0 aromatic heterocycles. The van der Waals surface area contributed by atoms with E-state index in [0.29, 0.717) is 12.5 Å². The van der Waals surface area contributed by atoms with Crippen LogP contribution in [0.2, 0.25) is 0 Å². The van der Waals surface area contributed by atoms with E-state index in [1.807, 2.05) is 6.08 Å². The summed E-state index contributed by atoms with van der Waals surface area (Å²) in [6.45, 7) is 3.39. The van der Waals surface area contributed by atoms with Crippen molar-refractivity contribution in [1.82, 2.24) is 4.90 Å². The van der Waals surface area contributed by atoms with Crippen LogP contribution in [0, 0.1) is 5.92 Å².